The van der Waals surface area contributed by atoms with Crippen molar-refractivity contribution in [2.75, 3.05) is 33.8 Å². The van der Waals surface area contributed by atoms with Gasteiger partial charge in [-0.1, -0.05) is 34.1 Å². The van der Waals surface area contributed by atoms with E-state index in [2.05, 4.69) is 38.5 Å². The fourth-order valence-electron chi connectivity index (χ4n) is 2.92. The van der Waals surface area contributed by atoms with E-state index in [1.54, 1.807) is 11.9 Å². The fraction of sp³-hybridized carbons (Fsp3) is 0.579. The van der Waals surface area contributed by atoms with E-state index in [1.807, 2.05) is 31.3 Å². The quantitative estimate of drug-likeness (QED) is 0.310. The molecular formula is C19H30BrIN4O2. The molecule has 1 aliphatic rings. The molecule has 0 bridgehead atoms. The molecule has 1 fully saturated rings. The molecule has 1 unspecified atom stereocenters. The Kier molecular flexibility index (Phi) is 10.6. The van der Waals surface area contributed by atoms with Crippen LogP contribution in [0.4, 0.5) is 0 Å². The Morgan fingerprint density at radius 1 is 1.37 bits per heavy atom. The van der Waals surface area contributed by atoms with Crippen molar-refractivity contribution >= 4 is 51.8 Å². The Bertz CT molecular complexity index is 636. The molecule has 8 heteroatoms. The average molecular weight is 553 g/mol. The van der Waals surface area contributed by atoms with Crippen LogP contribution in [0.1, 0.15) is 31.7 Å². The summed E-state index contributed by atoms with van der Waals surface area (Å²) in [6.45, 7) is 4.77. The van der Waals surface area contributed by atoms with E-state index in [4.69, 9.17) is 4.74 Å². The molecule has 0 radical (unpaired) electrons. The van der Waals surface area contributed by atoms with Crippen LogP contribution in [-0.4, -0.2) is 56.2 Å². The second-order valence-corrected chi connectivity index (χ2v) is 7.70. The van der Waals surface area contributed by atoms with Crippen molar-refractivity contribution in [2.45, 2.75) is 38.3 Å². The highest BCUT2D eigenvalue weighted by atomic mass is 127. The van der Waals surface area contributed by atoms with Gasteiger partial charge in [0.1, 0.15) is 0 Å². The number of aliphatic imine (C=N–C) groups is 1. The summed E-state index contributed by atoms with van der Waals surface area (Å²) in [5, 5.41) is 6.48. The summed E-state index contributed by atoms with van der Waals surface area (Å²) in [6, 6.07) is 7.95. The molecule has 6 nitrogen and oxygen atoms in total. The number of ether oxygens (including phenoxy) is 1. The molecular weight excluding hydrogens is 523 g/mol. The molecule has 1 aromatic rings. The van der Waals surface area contributed by atoms with E-state index >= 15 is 0 Å². The minimum absolute atomic E-state index is 0. The Morgan fingerprint density at radius 2 is 2.11 bits per heavy atom. The maximum absolute atomic E-state index is 12.3. The van der Waals surface area contributed by atoms with Crippen molar-refractivity contribution in [1.82, 2.24) is 15.5 Å². The first kappa shape index (κ1) is 24.2. The van der Waals surface area contributed by atoms with Gasteiger partial charge in [0, 0.05) is 51.2 Å². The van der Waals surface area contributed by atoms with Gasteiger partial charge in [-0.15, -0.1) is 24.0 Å². The summed E-state index contributed by atoms with van der Waals surface area (Å²) in [5.41, 5.74) is 0.968. The predicted octanol–water partition coefficient (Wildman–Crippen LogP) is 3.15. The van der Waals surface area contributed by atoms with Crippen molar-refractivity contribution in [1.29, 1.82) is 0 Å². The van der Waals surface area contributed by atoms with Gasteiger partial charge < -0.3 is 20.3 Å². The van der Waals surface area contributed by atoms with E-state index in [0.29, 0.717) is 32.0 Å². The molecule has 1 heterocycles. The molecule has 1 aromatic carbocycles. The van der Waals surface area contributed by atoms with Crippen LogP contribution in [0.25, 0.3) is 0 Å². The second kappa shape index (κ2) is 11.9. The zero-order valence-electron chi connectivity index (χ0n) is 16.3. The fourth-order valence-corrected chi connectivity index (χ4v) is 3.33. The third-order valence-corrected chi connectivity index (χ3v) is 5.35. The van der Waals surface area contributed by atoms with Crippen LogP contribution in [0.2, 0.25) is 0 Å². The zero-order valence-corrected chi connectivity index (χ0v) is 20.2. The van der Waals surface area contributed by atoms with Gasteiger partial charge in [-0.2, -0.15) is 0 Å². The lowest BCUT2D eigenvalue weighted by atomic mass is 10.0. The lowest BCUT2D eigenvalue weighted by Gasteiger charge is -2.24. The average Bonchev–Trinajstić information content (AvgIpc) is 3.06. The summed E-state index contributed by atoms with van der Waals surface area (Å²) in [5.74, 6) is 0.790. The molecule has 2 N–H and O–H groups in total. The number of hydrogen-bond donors (Lipinski definition) is 2. The minimum Gasteiger partial charge on any atom is -0.373 e. The maximum Gasteiger partial charge on any atom is 0.224 e. The molecule has 2 rings (SSSR count). The number of nitrogens with zero attached hydrogens (tertiary/aromatic N) is 2. The van der Waals surface area contributed by atoms with Crippen molar-refractivity contribution in [3.63, 3.8) is 0 Å². The maximum atomic E-state index is 12.3. The topological polar surface area (TPSA) is 66.0 Å². The Hall–Kier alpha value is -0.870. The van der Waals surface area contributed by atoms with Crippen molar-refractivity contribution in [3.05, 3.63) is 34.3 Å². The van der Waals surface area contributed by atoms with E-state index in [-0.39, 0.29) is 35.5 Å². The van der Waals surface area contributed by atoms with Gasteiger partial charge in [-0.05, 0) is 31.4 Å². The number of halogens is 2. The molecule has 1 amide bonds. The number of hydrogen-bond acceptors (Lipinski definition) is 3. The number of carbonyl (C=O) groups is 1. The van der Waals surface area contributed by atoms with Gasteiger partial charge in [0.2, 0.25) is 5.91 Å². The summed E-state index contributed by atoms with van der Waals surface area (Å²) >= 11 is 3.52. The first-order chi connectivity index (χ1) is 12.4. The molecule has 1 aliphatic heterocycles. The van der Waals surface area contributed by atoms with E-state index in [1.165, 1.54) is 0 Å². The number of guanidine groups is 1. The third kappa shape index (κ3) is 7.95. The molecule has 1 saturated heterocycles. The van der Waals surface area contributed by atoms with Crippen molar-refractivity contribution in [2.24, 2.45) is 4.99 Å². The standard InChI is InChI=1S/C19H29BrN4O2.HI/c1-19(10-6-12-26-19)14-23-18(21-2)22-11-9-17(25)24(3)13-15-7-4-5-8-16(15)20;/h4-5,7-8H,6,9-14H2,1-3H3,(H2,21,22,23);1H. The largest absolute Gasteiger partial charge is 0.373 e. The van der Waals surface area contributed by atoms with Crippen molar-refractivity contribution < 1.29 is 9.53 Å². The summed E-state index contributed by atoms with van der Waals surface area (Å²) < 4.78 is 6.78. The predicted molar refractivity (Wildman–Crippen MR) is 124 cm³/mol. The van der Waals surface area contributed by atoms with Gasteiger partial charge in [-0.3, -0.25) is 9.79 Å². The smallest absolute Gasteiger partial charge is 0.224 e. The van der Waals surface area contributed by atoms with E-state index in [9.17, 15) is 4.79 Å². The third-order valence-electron chi connectivity index (χ3n) is 4.58. The van der Waals surface area contributed by atoms with Crippen LogP contribution in [0.3, 0.4) is 0 Å². The molecule has 27 heavy (non-hydrogen) atoms. The van der Waals surface area contributed by atoms with Gasteiger partial charge >= 0.3 is 0 Å². The molecule has 0 spiro atoms. The Labute approximate surface area is 187 Å². The zero-order chi connectivity index (χ0) is 19.0. The van der Waals surface area contributed by atoms with E-state index < -0.39 is 0 Å². The molecule has 0 aromatic heterocycles. The van der Waals surface area contributed by atoms with Crippen LogP contribution in [0, 0.1) is 0 Å². The summed E-state index contributed by atoms with van der Waals surface area (Å²) in [6.07, 6.45) is 2.56. The van der Waals surface area contributed by atoms with Crippen LogP contribution in [-0.2, 0) is 16.1 Å². The SMILES string of the molecule is CN=C(NCCC(=O)N(C)Cc1ccccc1Br)NCC1(C)CCCO1.I. The monoisotopic (exact) mass is 552 g/mol. The van der Waals surface area contributed by atoms with Gasteiger partial charge in [0.25, 0.3) is 0 Å². The second-order valence-electron chi connectivity index (χ2n) is 6.85. The van der Waals surface area contributed by atoms with Crippen LogP contribution >= 0.6 is 39.9 Å². The lowest BCUT2D eigenvalue weighted by Crippen LogP contribution is -2.46. The Balaban J connectivity index is 0.00000364. The first-order valence-corrected chi connectivity index (χ1v) is 9.79. The molecule has 0 saturated carbocycles. The van der Waals surface area contributed by atoms with E-state index in [0.717, 1.165) is 29.5 Å². The number of rotatable bonds is 7. The highest BCUT2D eigenvalue weighted by molar-refractivity contribution is 14.0. The molecule has 1 atom stereocenters. The van der Waals surface area contributed by atoms with Crippen molar-refractivity contribution in [3.8, 4) is 0 Å². The van der Waals surface area contributed by atoms with Gasteiger partial charge in [-0.25, -0.2) is 0 Å². The number of benzene rings is 1. The minimum atomic E-state index is -0.128. The molecule has 0 aliphatic carbocycles. The number of amides is 1. The number of nitrogens with one attached hydrogen (secondary N) is 2. The van der Waals surface area contributed by atoms with Crippen LogP contribution < -0.4 is 10.6 Å². The highest BCUT2D eigenvalue weighted by Crippen LogP contribution is 2.23. The van der Waals surface area contributed by atoms with Gasteiger partial charge in [0.05, 0.1) is 5.60 Å². The number of carbonyl (C=O) groups excluding carboxylic acids is 1. The molecule has 152 valence electrons. The summed E-state index contributed by atoms with van der Waals surface area (Å²) in [4.78, 5) is 18.3. The highest BCUT2D eigenvalue weighted by Gasteiger charge is 2.29. The van der Waals surface area contributed by atoms with Crippen LogP contribution in [0.5, 0.6) is 0 Å². The van der Waals surface area contributed by atoms with Crippen LogP contribution in [0.15, 0.2) is 33.7 Å². The lowest BCUT2D eigenvalue weighted by molar-refractivity contribution is -0.130. The Morgan fingerprint density at radius 3 is 2.74 bits per heavy atom. The summed E-state index contributed by atoms with van der Waals surface area (Å²) in [7, 11) is 3.56. The van der Waals surface area contributed by atoms with Gasteiger partial charge in [0.15, 0.2) is 5.96 Å². The first-order valence-electron chi connectivity index (χ1n) is 8.99. The normalized spacial score (nSPS) is 19.3.